The van der Waals surface area contributed by atoms with Gasteiger partial charge in [-0.15, -0.1) is 0 Å². The zero-order valence-electron chi connectivity index (χ0n) is 9.86. The number of aliphatic hydroxyl groups excluding tert-OH is 2. The maximum Gasteiger partial charge on any atom is 0.297 e. The number of ketones is 1. The average molecular weight is 256 g/mol. The van der Waals surface area contributed by atoms with Gasteiger partial charge in [0.1, 0.15) is 12.2 Å². The Labute approximate surface area is 103 Å². The molecule has 1 fully saturated rings. The number of alkyl halides is 1. The van der Waals surface area contributed by atoms with Crippen LogP contribution in [0.4, 0.5) is 4.39 Å². The molecule has 0 aromatic carbocycles. The van der Waals surface area contributed by atoms with Gasteiger partial charge >= 0.3 is 0 Å². The van der Waals surface area contributed by atoms with E-state index in [4.69, 9.17) is 9.84 Å². The highest BCUT2D eigenvalue weighted by molar-refractivity contribution is 5.93. The highest BCUT2D eigenvalue weighted by atomic mass is 19.1. The minimum Gasteiger partial charge on any atom is -0.394 e. The van der Waals surface area contributed by atoms with Crippen LogP contribution in [0.1, 0.15) is 23.5 Å². The van der Waals surface area contributed by atoms with Gasteiger partial charge in [-0.2, -0.15) is 4.57 Å². The summed E-state index contributed by atoms with van der Waals surface area (Å²) in [5.41, 5.74) is 0.426. The Bertz CT molecular complexity index is 453. The smallest absolute Gasteiger partial charge is 0.297 e. The Morgan fingerprint density at radius 1 is 1.61 bits per heavy atom. The standard InChI is InChI=1S/C12H15FNO4/c1-7(16)8-3-2-4-14(5-8)12-10(13)11(17)9(6-15)18-12/h2-5,9-12,15,17H,6H2,1H3/q+1/t9-,10+,11?,12-/m1/s1. The SMILES string of the molecule is CC(=O)c1ccc[n+]([C@@H]2O[C@H](CO)C(O)[C@@H]2F)c1. The number of rotatable bonds is 3. The molecule has 2 N–H and O–H groups in total. The minimum absolute atomic E-state index is 0.142. The van der Waals surface area contributed by atoms with Gasteiger partial charge in [0.2, 0.25) is 6.17 Å². The number of ether oxygens (including phenoxy) is 1. The third-order valence-electron chi connectivity index (χ3n) is 3.00. The van der Waals surface area contributed by atoms with Gasteiger partial charge in [-0.25, -0.2) is 4.39 Å². The molecule has 2 rings (SSSR count). The number of Topliss-reactive ketones (excluding diaryl/α,β-unsaturated/α-hetero) is 1. The monoisotopic (exact) mass is 256 g/mol. The molecule has 1 saturated heterocycles. The first-order chi connectivity index (χ1) is 8.54. The molecule has 0 amide bonds. The summed E-state index contributed by atoms with van der Waals surface area (Å²) >= 11 is 0. The Balaban J connectivity index is 2.27. The lowest BCUT2D eigenvalue weighted by Crippen LogP contribution is -2.44. The molecule has 0 radical (unpaired) electrons. The third-order valence-corrected chi connectivity index (χ3v) is 3.00. The molecular formula is C12H15FNO4+. The number of pyridine rings is 1. The van der Waals surface area contributed by atoms with Crippen LogP contribution in [0, 0.1) is 0 Å². The second-order valence-corrected chi connectivity index (χ2v) is 4.28. The number of aliphatic hydroxyl groups is 2. The summed E-state index contributed by atoms with van der Waals surface area (Å²) in [6.45, 7) is 0.957. The minimum atomic E-state index is -1.64. The van der Waals surface area contributed by atoms with E-state index in [0.717, 1.165) is 0 Å². The third kappa shape index (κ3) is 2.27. The van der Waals surface area contributed by atoms with E-state index < -0.39 is 31.2 Å². The van der Waals surface area contributed by atoms with Crippen LogP contribution in [0.25, 0.3) is 0 Å². The summed E-state index contributed by atoms with van der Waals surface area (Å²) in [5.74, 6) is -0.142. The number of nitrogens with zero attached hydrogens (tertiary/aromatic N) is 1. The normalized spacial score (nSPS) is 31.6. The van der Waals surface area contributed by atoms with Crippen molar-refractivity contribution in [1.82, 2.24) is 0 Å². The van der Waals surface area contributed by atoms with Crippen molar-refractivity contribution in [2.45, 2.75) is 31.5 Å². The number of carbonyl (C=O) groups is 1. The van der Waals surface area contributed by atoms with Crippen molar-refractivity contribution >= 4 is 5.78 Å². The highest BCUT2D eigenvalue weighted by Gasteiger charge is 2.49. The van der Waals surface area contributed by atoms with E-state index in [2.05, 4.69) is 0 Å². The van der Waals surface area contributed by atoms with Crippen LogP contribution in [0.5, 0.6) is 0 Å². The number of hydrogen-bond acceptors (Lipinski definition) is 4. The van der Waals surface area contributed by atoms with Crippen LogP contribution in [-0.2, 0) is 4.74 Å². The Kier molecular flexibility index (Phi) is 3.70. The van der Waals surface area contributed by atoms with Crippen molar-refractivity contribution in [3.8, 4) is 0 Å². The van der Waals surface area contributed by atoms with E-state index in [1.54, 1.807) is 18.3 Å². The van der Waals surface area contributed by atoms with Gasteiger partial charge in [0.25, 0.3) is 6.23 Å². The molecule has 0 spiro atoms. The Morgan fingerprint density at radius 2 is 2.33 bits per heavy atom. The molecule has 1 unspecified atom stereocenters. The van der Waals surface area contributed by atoms with E-state index in [9.17, 15) is 14.3 Å². The second-order valence-electron chi connectivity index (χ2n) is 4.28. The van der Waals surface area contributed by atoms with Gasteiger partial charge in [0.15, 0.2) is 18.2 Å². The van der Waals surface area contributed by atoms with Crippen molar-refractivity contribution in [2.75, 3.05) is 6.61 Å². The van der Waals surface area contributed by atoms with Crippen molar-refractivity contribution in [3.05, 3.63) is 30.1 Å². The van der Waals surface area contributed by atoms with Gasteiger partial charge in [0.05, 0.1) is 12.2 Å². The van der Waals surface area contributed by atoms with Crippen LogP contribution in [-0.4, -0.2) is 41.0 Å². The van der Waals surface area contributed by atoms with Gasteiger partial charge < -0.3 is 14.9 Å². The Morgan fingerprint density at radius 3 is 2.89 bits per heavy atom. The summed E-state index contributed by atoms with van der Waals surface area (Å²) < 4.78 is 20.5. The number of hydrogen-bond donors (Lipinski definition) is 2. The summed E-state index contributed by atoms with van der Waals surface area (Å²) in [7, 11) is 0. The predicted molar refractivity (Wildman–Crippen MR) is 58.5 cm³/mol. The lowest BCUT2D eigenvalue weighted by molar-refractivity contribution is -0.764. The predicted octanol–water partition coefficient (Wildman–Crippen LogP) is -0.235. The molecule has 5 nitrogen and oxygen atoms in total. The van der Waals surface area contributed by atoms with E-state index >= 15 is 0 Å². The Hall–Kier alpha value is -1.37. The maximum atomic E-state index is 13.8. The van der Waals surface area contributed by atoms with Crippen molar-refractivity contribution < 1.29 is 28.7 Å². The van der Waals surface area contributed by atoms with Gasteiger partial charge in [0, 0.05) is 6.07 Å². The van der Waals surface area contributed by atoms with E-state index in [-0.39, 0.29) is 5.78 Å². The first kappa shape index (κ1) is 13.1. The average Bonchev–Trinajstić information content (AvgIpc) is 2.66. The largest absolute Gasteiger partial charge is 0.394 e. The number of carbonyl (C=O) groups excluding carboxylic acids is 1. The van der Waals surface area contributed by atoms with E-state index in [0.29, 0.717) is 5.56 Å². The zero-order chi connectivity index (χ0) is 13.3. The maximum absolute atomic E-state index is 13.8. The van der Waals surface area contributed by atoms with Crippen molar-refractivity contribution in [2.24, 2.45) is 0 Å². The van der Waals surface area contributed by atoms with Crippen LogP contribution in [0.2, 0.25) is 0 Å². The highest BCUT2D eigenvalue weighted by Crippen LogP contribution is 2.27. The number of halogens is 1. The van der Waals surface area contributed by atoms with Crippen molar-refractivity contribution in [1.29, 1.82) is 0 Å². The lowest BCUT2D eigenvalue weighted by atomic mass is 10.1. The molecular weight excluding hydrogens is 241 g/mol. The molecule has 1 aliphatic rings. The quantitative estimate of drug-likeness (QED) is 0.578. The van der Waals surface area contributed by atoms with Crippen LogP contribution in [0.3, 0.4) is 0 Å². The molecule has 98 valence electrons. The topological polar surface area (TPSA) is 70.6 Å². The van der Waals surface area contributed by atoms with E-state index in [1.807, 2.05) is 0 Å². The lowest BCUT2D eigenvalue weighted by Gasteiger charge is -2.08. The van der Waals surface area contributed by atoms with Crippen LogP contribution in [0.15, 0.2) is 24.5 Å². The molecule has 0 aliphatic carbocycles. The fraction of sp³-hybridized carbons (Fsp3) is 0.500. The summed E-state index contributed by atoms with van der Waals surface area (Å²) in [6.07, 6.45) is -1.97. The molecule has 2 heterocycles. The molecule has 6 heteroatoms. The van der Waals surface area contributed by atoms with Crippen LogP contribution < -0.4 is 4.57 Å². The fourth-order valence-electron chi connectivity index (χ4n) is 1.95. The fourth-order valence-corrected chi connectivity index (χ4v) is 1.95. The van der Waals surface area contributed by atoms with Gasteiger partial charge in [-0.05, 0) is 13.0 Å². The molecule has 0 saturated carbocycles. The van der Waals surface area contributed by atoms with Gasteiger partial charge in [-0.1, -0.05) is 0 Å². The summed E-state index contributed by atoms with van der Waals surface area (Å²) in [4.78, 5) is 11.2. The van der Waals surface area contributed by atoms with Crippen LogP contribution >= 0.6 is 0 Å². The molecule has 18 heavy (non-hydrogen) atoms. The summed E-state index contributed by atoms with van der Waals surface area (Å²) in [6, 6.07) is 3.21. The zero-order valence-corrected chi connectivity index (χ0v) is 9.86. The molecule has 1 aromatic rings. The molecule has 0 bridgehead atoms. The first-order valence-electron chi connectivity index (χ1n) is 5.65. The summed E-state index contributed by atoms with van der Waals surface area (Å²) in [5, 5.41) is 18.5. The molecule has 1 aliphatic heterocycles. The first-order valence-corrected chi connectivity index (χ1v) is 5.65. The second kappa shape index (κ2) is 5.09. The van der Waals surface area contributed by atoms with Gasteiger partial charge in [-0.3, -0.25) is 4.79 Å². The molecule has 4 atom stereocenters. The number of aromatic nitrogens is 1. The van der Waals surface area contributed by atoms with Crippen molar-refractivity contribution in [3.63, 3.8) is 0 Å². The van der Waals surface area contributed by atoms with E-state index in [1.165, 1.54) is 17.7 Å². The molecule has 1 aromatic heterocycles.